The van der Waals surface area contributed by atoms with E-state index in [1.165, 1.54) is 44.5 Å². The lowest BCUT2D eigenvalue weighted by Crippen LogP contribution is -2.19. The predicted octanol–water partition coefficient (Wildman–Crippen LogP) is 8.03. The largest absolute Gasteiger partial charge is 0.0836 e. The SMILES string of the molecule is Cc1ccc(C(C)(C)c2ccc(C)c(-c3ccccc3)c2)cc1C1=CCCC=C1. The van der Waals surface area contributed by atoms with Crippen LogP contribution in [0.3, 0.4) is 0 Å². The number of hydrogen-bond donors (Lipinski definition) is 0. The molecule has 0 spiro atoms. The Balaban J connectivity index is 1.78. The first-order valence-corrected chi connectivity index (χ1v) is 10.6. The van der Waals surface area contributed by atoms with Crippen molar-refractivity contribution in [3.05, 3.63) is 113 Å². The molecular formula is C29H30. The van der Waals surface area contributed by atoms with Crippen LogP contribution in [-0.4, -0.2) is 0 Å². The van der Waals surface area contributed by atoms with Crippen molar-refractivity contribution in [3.8, 4) is 11.1 Å². The molecular weight excluding hydrogens is 348 g/mol. The van der Waals surface area contributed by atoms with Crippen LogP contribution >= 0.6 is 0 Å². The van der Waals surface area contributed by atoms with Gasteiger partial charge in [0.05, 0.1) is 0 Å². The van der Waals surface area contributed by atoms with Crippen molar-refractivity contribution in [2.24, 2.45) is 0 Å². The smallest absolute Gasteiger partial charge is 0.0147 e. The maximum atomic E-state index is 2.40. The highest BCUT2D eigenvalue weighted by Gasteiger charge is 2.25. The van der Waals surface area contributed by atoms with Crippen LogP contribution in [0.5, 0.6) is 0 Å². The van der Waals surface area contributed by atoms with Gasteiger partial charge in [-0.15, -0.1) is 0 Å². The van der Waals surface area contributed by atoms with Crippen molar-refractivity contribution < 1.29 is 0 Å². The first-order chi connectivity index (χ1) is 14.0. The Hall–Kier alpha value is -2.86. The molecule has 0 amide bonds. The minimum Gasteiger partial charge on any atom is -0.0836 e. The molecule has 0 saturated heterocycles. The van der Waals surface area contributed by atoms with E-state index in [1.54, 1.807) is 0 Å². The topological polar surface area (TPSA) is 0 Å². The minimum absolute atomic E-state index is 0.0708. The van der Waals surface area contributed by atoms with E-state index in [1.807, 2.05) is 0 Å². The zero-order chi connectivity index (χ0) is 20.4. The van der Waals surface area contributed by atoms with Crippen molar-refractivity contribution >= 4 is 5.57 Å². The van der Waals surface area contributed by atoms with Crippen LogP contribution in [0, 0.1) is 13.8 Å². The summed E-state index contributed by atoms with van der Waals surface area (Å²) in [6, 6.07) is 24.6. The Morgan fingerprint density at radius 1 is 0.690 bits per heavy atom. The minimum atomic E-state index is -0.0708. The van der Waals surface area contributed by atoms with Gasteiger partial charge in [-0.1, -0.05) is 98.8 Å². The fourth-order valence-corrected chi connectivity index (χ4v) is 4.24. The Bertz CT molecular complexity index is 1080. The van der Waals surface area contributed by atoms with E-state index >= 15 is 0 Å². The van der Waals surface area contributed by atoms with Gasteiger partial charge in [-0.25, -0.2) is 0 Å². The zero-order valence-electron chi connectivity index (χ0n) is 18.0. The van der Waals surface area contributed by atoms with Gasteiger partial charge in [0.1, 0.15) is 0 Å². The van der Waals surface area contributed by atoms with Gasteiger partial charge in [-0.05, 0) is 71.2 Å². The maximum absolute atomic E-state index is 2.40. The van der Waals surface area contributed by atoms with E-state index in [0.717, 1.165) is 12.8 Å². The van der Waals surface area contributed by atoms with Crippen molar-refractivity contribution in [2.45, 2.75) is 46.0 Å². The molecule has 0 saturated carbocycles. The summed E-state index contributed by atoms with van der Waals surface area (Å²) in [5, 5.41) is 0. The van der Waals surface area contributed by atoms with Crippen molar-refractivity contribution in [1.29, 1.82) is 0 Å². The van der Waals surface area contributed by atoms with Gasteiger partial charge >= 0.3 is 0 Å². The van der Waals surface area contributed by atoms with Gasteiger partial charge in [-0.3, -0.25) is 0 Å². The van der Waals surface area contributed by atoms with Crippen LogP contribution in [0.15, 0.2) is 85.0 Å². The van der Waals surface area contributed by atoms with Gasteiger partial charge in [0.2, 0.25) is 0 Å². The van der Waals surface area contributed by atoms with Gasteiger partial charge in [0.25, 0.3) is 0 Å². The van der Waals surface area contributed by atoms with E-state index in [2.05, 4.69) is 113 Å². The molecule has 0 unspecified atom stereocenters. The number of allylic oxidation sites excluding steroid dienone is 4. The molecule has 0 heteroatoms. The summed E-state index contributed by atoms with van der Waals surface area (Å²) in [7, 11) is 0. The van der Waals surface area contributed by atoms with Crippen molar-refractivity contribution in [2.75, 3.05) is 0 Å². The van der Waals surface area contributed by atoms with E-state index in [0.29, 0.717) is 0 Å². The van der Waals surface area contributed by atoms with E-state index < -0.39 is 0 Å². The molecule has 0 nitrogen and oxygen atoms in total. The third-order valence-corrected chi connectivity index (χ3v) is 6.31. The Labute approximate surface area is 175 Å². The molecule has 0 heterocycles. The van der Waals surface area contributed by atoms with Gasteiger partial charge in [0.15, 0.2) is 0 Å². The number of aryl methyl sites for hydroxylation is 2. The average Bonchev–Trinajstić information content (AvgIpc) is 2.75. The first kappa shape index (κ1) is 19.5. The summed E-state index contributed by atoms with van der Waals surface area (Å²) in [4.78, 5) is 0. The Kier molecular flexibility index (Phi) is 5.28. The van der Waals surface area contributed by atoms with E-state index in [-0.39, 0.29) is 5.41 Å². The molecule has 0 bridgehead atoms. The molecule has 0 fully saturated rings. The third-order valence-electron chi connectivity index (χ3n) is 6.31. The van der Waals surface area contributed by atoms with Gasteiger partial charge in [0, 0.05) is 5.41 Å². The molecule has 0 aromatic heterocycles. The summed E-state index contributed by atoms with van der Waals surface area (Å²) in [5.74, 6) is 0. The molecule has 146 valence electrons. The van der Waals surface area contributed by atoms with Crippen molar-refractivity contribution in [1.82, 2.24) is 0 Å². The normalized spacial score (nSPS) is 14.0. The van der Waals surface area contributed by atoms with E-state index in [9.17, 15) is 0 Å². The van der Waals surface area contributed by atoms with Crippen LogP contribution < -0.4 is 0 Å². The molecule has 4 rings (SSSR count). The number of benzene rings is 3. The monoisotopic (exact) mass is 378 g/mol. The second kappa shape index (κ2) is 7.87. The van der Waals surface area contributed by atoms with Crippen LogP contribution in [0.25, 0.3) is 16.7 Å². The molecule has 0 atom stereocenters. The highest BCUT2D eigenvalue weighted by Crippen LogP contribution is 2.37. The van der Waals surface area contributed by atoms with Crippen molar-refractivity contribution in [3.63, 3.8) is 0 Å². The zero-order valence-corrected chi connectivity index (χ0v) is 18.0. The average molecular weight is 379 g/mol. The second-order valence-electron chi connectivity index (χ2n) is 8.69. The highest BCUT2D eigenvalue weighted by molar-refractivity contribution is 5.77. The standard InChI is InChI=1S/C29H30/c1-21-15-17-25(19-27(21)23-11-7-5-8-12-23)29(3,4)26-18-16-22(2)28(20-26)24-13-9-6-10-14-24/h5,7-9,11-20H,6,10H2,1-4H3. The third kappa shape index (κ3) is 3.85. The van der Waals surface area contributed by atoms with Gasteiger partial charge in [-0.2, -0.15) is 0 Å². The predicted molar refractivity (Wildman–Crippen MR) is 126 cm³/mol. The molecule has 3 aromatic carbocycles. The number of hydrogen-bond acceptors (Lipinski definition) is 0. The fourth-order valence-electron chi connectivity index (χ4n) is 4.24. The van der Waals surface area contributed by atoms with Crippen LogP contribution in [0.4, 0.5) is 0 Å². The molecule has 29 heavy (non-hydrogen) atoms. The Morgan fingerprint density at radius 2 is 1.31 bits per heavy atom. The molecule has 1 aliphatic carbocycles. The fraction of sp³-hybridized carbons (Fsp3) is 0.241. The molecule has 1 aliphatic rings. The lowest BCUT2D eigenvalue weighted by Gasteiger charge is -2.28. The summed E-state index contributed by atoms with van der Waals surface area (Å²) in [6.45, 7) is 9.09. The van der Waals surface area contributed by atoms with E-state index in [4.69, 9.17) is 0 Å². The van der Waals surface area contributed by atoms with Gasteiger partial charge < -0.3 is 0 Å². The van der Waals surface area contributed by atoms with Crippen LogP contribution in [0.2, 0.25) is 0 Å². The molecule has 0 N–H and O–H groups in total. The van der Waals surface area contributed by atoms with Crippen LogP contribution in [0.1, 0.15) is 54.5 Å². The first-order valence-electron chi connectivity index (χ1n) is 10.6. The maximum Gasteiger partial charge on any atom is 0.0147 e. The lowest BCUT2D eigenvalue weighted by atomic mass is 9.75. The Morgan fingerprint density at radius 3 is 1.93 bits per heavy atom. The summed E-state index contributed by atoms with van der Waals surface area (Å²) < 4.78 is 0. The molecule has 0 radical (unpaired) electrons. The summed E-state index contributed by atoms with van der Waals surface area (Å²) in [6.07, 6.45) is 9.23. The summed E-state index contributed by atoms with van der Waals surface area (Å²) >= 11 is 0. The summed E-state index contributed by atoms with van der Waals surface area (Å²) in [5.41, 5.74) is 10.6. The highest BCUT2D eigenvalue weighted by atomic mass is 14.3. The number of rotatable bonds is 4. The quantitative estimate of drug-likeness (QED) is 0.431. The molecule has 0 aliphatic heterocycles. The lowest BCUT2D eigenvalue weighted by molar-refractivity contribution is 0.640. The second-order valence-corrected chi connectivity index (χ2v) is 8.69. The molecule has 3 aromatic rings. The van der Waals surface area contributed by atoms with Crippen LogP contribution in [-0.2, 0) is 5.41 Å².